The second-order valence-electron chi connectivity index (χ2n) is 5.49. The molecule has 0 heterocycles. The van der Waals surface area contributed by atoms with Crippen molar-refractivity contribution in [2.75, 3.05) is 5.32 Å². The molecule has 1 N–H and O–H groups in total. The number of nitriles is 1. The number of nitrogens with zero attached hydrogens (tertiary/aromatic N) is 1. The molecular weight excluding hydrogens is 251 g/mol. The van der Waals surface area contributed by atoms with E-state index in [0.29, 0.717) is 17.2 Å². The lowest BCUT2D eigenvalue weighted by Crippen LogP contribution is -2.16. The Morgan fingerprint density at radius 2 is 1.95 bits per heavy atom. The Labute approximate surface area is 122 Å². The van der Waals surface area contributed by atoms with Crippen LogP contribution in [0.4, 0.5) is 10.1 Å². The first-order valence-corrected chi connectivity index (χ1v) is 7.55. The van der Waals surface area contributed by atoms with E-state index >= 15 is 0 Å². The zero-order valence-electron chi connectivity index (χ0n) is 12.8. The van der Waals surface area contributed by atoms with E-state index in [1.165, 1.54) is 38.2 Å². The summed E-state index contributed by atoms with van der Waals surface area (Å²) in [5, 5.41) is 12.2. The molecule has 1 aromatic carbocycles. The number of rotatable bonds is 8. The van der Waals surface area contributed by atoms with Crippen molar-refractivity contribution < 1.29 is 4.39 Å². The molecule has 1 aromatic rings. The zero-order chi connectivity index (χ0) is 15.0. The highest BCUT2D eigenvalue weighted by atomic mass is 19.1. The summed E-state index contributed by atoms with van der Waals surface area (Å²) in [6.07, 6.45) is 7.37. The molecule has 1 rings (SSSR count). The normalized spacial score (nSPS) is 11.9. The minimum absolute atomic E-state index is 0.295. The van der Waals surface area contributed by atoms with Gasteiger partial charge < -0.3 is 5.32 Å². The summed E-state index contributed by atoms with van der Waals surface area (Å²) in [6, 6.07) is 5.31. The molecule has 0 fully saturated rings. The predicted octanol–water partition coefficient (Wildman–Crippen LogP) is 5.17. The molecule has 0 aliphatic heterocycles. The molecule has 20 heavy (non-hydrogen) atoms. The van der Waals surface area contributed by atoms with E-state index in [-0.39, 0.29) is 5.82 Å². The summed E-state index contributed by atoms with van der Waals surface area (Å²) in [4.78, 5) is 0. The molecule has 110 valence electrons. The van der Waals surface area contributed by atoms with Crippen LogP contribution < -0.4 is 5.32 Å². The van der Waals surface area contributed by atoms with Gasteiger partial charge in [0.25, 0.3) is 0 Å². The van der Waals surface area contributed by atoms with Gasteiger partial charge in [-0.3, -0.25) is 0 Å². The van der Waals surface area contributed by atoms with Crippen LogP contribution in [0.2, 0.25) is 0 Å². The quantitative estimate of drug-likeness (QED) is 0.665. The monoisotopic (exact) mass is 276 g/mol. The van der Waals surface area contributed by atoms with Crippen molar-refractivity contribution in [1.82, 2.24) is 0 Å². The second-order valence-corrected chi connectivity index (χ2v) is 5.49. The van der Waals surface area contributed by atoms with Gasteiger partial charge in [-0.05, 0) is 32.4 Å². The van der Waals surface area contributed by atoms with E-state index in [4.69, 9.17) is 5.26 Å². The van der Waals surface area contributed by atoms with Gasteiger partial charge in [-0.1, -0.05) is 39.0 Å². The summed E-state index contributed by atoms with van der Waals surface area (Å²) in [7, 11) is 0. The minimum atomic E-state index is -0.318. The fraction of sp³-hybridized carbons (Fsp3) is 0.588. The van der Waals surface area contributed by atoms with Crippen molar-refractivity contribution in [3.8, 4) is 6.07 Å². The van der Waals surface area contributed by atoms with Crippen LogP contribution in [0.3, 0.4) is 0 Å². The van der Waals surface area contributed by atoms with Crippen LogP contribution in [0, 0.1) is 24.1 Å². The molecule has 0 aromatic heterocycles. The first kappa shape index (κ1) is 16.5. The average molecular weight is 276 g/mol. The second kappa shape index (κ2) is 8.58. The standard InChI is InChI=1S/C17H25FN2/c1-4-5-6-7-8-9-13(2)20-17-11-15(12-19)10-16(18)14(17)3/h10-11,13,20H,4-9H2,1-3H3. The van der Waals surface area contributed by atoms with Gasteiger partial charge in [0.15, 0.2) is 0 Å². The van der Waals surface area contributed by atoms with Gasteiger partial charge in [0.2, 0.25) is 0 Å². The highest BCUT2D eigenvalue weighted by Gasteiger charge is 2.09. The van der Waals surface area contributed by atoms with Crippen molar-refractivity contribution >= 4 is 5.69 Å². The topological polar surface area (TPSA) is 35.8 Å². The van der Waals surface area contributed by atoms with Crippen LogP contribution in [-0.2, 0) is 0 Å². The van der Waals surface area contributed by atoms with Gasteiger partial charge in [0.1, 0.15) is 5.82 Å². The fourth-order valence-electron chi connectivity index (χ4n) is 2.29. The molecule has 0 radical (unpaired) electrons. The summed E-state index contributed by atoms with van der Waals surface area (Å²) >= 11 is 0. The van der Waals surface area contributed by atoms with E-state index < -0.39 is 0 Å². The highest BCUT2D eigenvalue weighted by Crippen LogP contribution is 2.22. The molecule has 1 atom stereocenters. The lowest BCUT2D eigenvalue weighted by molar-refractivity contribution is 0.577. The summed E-state index contributed by atoms with van der Waals surface area (Å²) in [6.45, 7) is 6.06. The van der Waals surface area contributed by atoms with Crippen LogP contribution in [0.1, 0.15) is 63.5 Å². The van der Waals surface area contributed by atoms with Gasteiger partial charge >= 0.3 is 0 Å². The Kier molecular flexibility index (Phi) is 7.08. The Morgan fingerprint density at radius 3 is 2.60 bits per heavy atom. The van der Waals surface area contributed by atoms with Crippen molar-refractivity contribution in [2.24, 2.45) is 0 Å². The number of anilines is 1. The minimum Gasteiger partial charge on any atom is -0.382 e. The molecule has 0 spiro atoms. The van der Waals surface area contributed by atoms with Crippen molar-refractivity contribution in [3.63, 3.8) is 0 Å². The van der Waals surface area contributed by atoms with E-state index in [9.17, 15) is 4.39 Å². The molecule has 1 unspecified atom stereocenters. The van der Waals surface area contributed by atoms with Crippen molar-refractivity contribution in [2.45, 2.75) is 65.3 Å². The predicted molar refractivity (Wildman–Crippen MR) is 82.3 cm³/mol. The van der Waals surface area contributed by atoms with E-state index in [1.54, 1.807) is 13.0 Å². The summed E-state index contributed by atoms with van der Waals surface area (Å²) in [5.41, 5.74) is 1.69. The lowest BCUT2D eigenvalue weighted by atomic mass is 10.1. The maximum absolute atomic E-state index is 13.7. The smallest absolute Gasteiger partial charge is 0.129 e. The molecule has 0 saturated carbocycles. The Morgan fingerprint density at radius 1 is 1.25 bits per heavy atom. The molecule has 0 amide bonds. The largest absolute Gasteiger partial charge is 0.382 e. The van der Waals surface area contributed by atoms with Gasteiger partial charge in [0.05, 0.1) is 11.6 Å². The highest BCUT2D eigenvalue weighted by molar-refractivity contribution is 5.56. The molecule has 2 nitrogen and oxygen atoms in total. The van der Waals surface area contributed by atoms with Gasteiger partial charge in [0, 0.05) is 17.3 Å². The summed E-state index contributed by atoms with van der Waals surface area (Å²) < 4.78 is 13.7. The van der Waals surface area contributed by atoms with Crippen molar-refractivity contribution in [3.05, 3.63) is 29.1 Å². The number of benzene rings is 1. The molecule has 0 aliphatic rings. The number of hydrogen-bond acceptors (Lipinski definition) is 2. The van der Waals surface area contributed by atoms with Gasteiger partial charge in [-0.25, -0.2) is 4.39 Å². The summed E-state index contributed by atoms with van der Waals surface area (Å²) in [5.74, 6) is -0.318. The van der Waals surface area contributed by atoms with Crippen LogP contribution >= 0.6 is 0 Å². The SMILES string of the molecule is CCCCCCCC(C)Nc1cc(C#N)cc(F)c1C. The number of hydrogen-bond donors (Lipinski definition) is 1. The third kappa shape index (κ3) is 5.21. The van der Waals surface area contributed by atoms with Crippen LogP contribution in [0.15, 0.2) is 12.1 Å². The average Bonchev–Trinajstić information content (AvgIpc) is 2.43. The molecule has 0 bridgehead atoms. The third-order valence-corrected chi connectivity index (χ3v) is 3.62. The first-order valence-electron chi connectivity index (χ1n) is 7.55. The van der Waals surface area contributed by atoms with Crippen LogP contribution in [-0.4, -0.2) is 6.04 Å². The Bertz CT molecular complexity index is 463. The molecule has 0 aliphatic carbocycles. The molecule has 0 saturated heterocycles. The third-order valence-electron chi connectivity index (χ3n) is 3.62. The number of unbranched alkanes of at least 4 members (excludes halogenated alkanes) is 4. The van der Waals surface area contributed by atoms with Crippen LogP contribution in [0.5, 0.6) is 0 Å². The van der Waals surface area contributed by atoms with E-state index in [1.807, 2.05) is 6.07 Å². The fourth-order valence-corrected chi connectivity index (χ4v) is 2.29. The number of nitrogens with one attached hydrogen (secondary N) is 1. The van der Waals surface area contributed by atoms with Crippen molar-refractivity contribution in [1.29, 1.82) is 5.26 Å². The Balaban J connectivity index is 2.51. The Hall–Kier alpha value is -1.56. The van der Waals surface area contributed by atoms with Gasteiger partial charge in [-0.15, -0.1) is 0 Å². The van der Waals surface area contributed by atoms with E-state index in [0.717, 1.165) is 12.1 Å². The maximum Gasteiger partial charge on any atom is 0.129 e. The number of halogens is 1. The molecule has 3 heteroatoms. The van der Waals surface area contributed by atoms with E-state index in [2.05, 4.69) is 19.2 Å². The first-order chi connectivity index (χ1) is 9.58. The molecular formula is C17H25FN2. The lowest BCUT2D eigenvalue weighted by Gasteiger charge is -2.17. The van der Waals surface area contributed by atoms with Gasteiger partial charge in [-0.2, -0.15) is 5.26 Å². The maximum atomic E-state index is 13.7. The van der Waals surface area contributed by atoms with Crippen LogP contribution in [0.25, 0.3) is 0 Å². The zero-order valence-corrected chi connectivity index (χ0v) is 12.8.